The Morgan fingerprint density at radius 3 is 2.44 bits per heavy atom. The Labute approximate surface area is 156 Å². The van der Waals surface area contributed by atoms with E-state index in [4.69, 9.17) is 4.74 Å². The van der Waals surface area contributed by atoms with Crippen LogP contribution in [0.4, 0.5) is 0 Å². The molecule has 7 heteroatoms. The van der Waals surface area contributed by atoms with Crippen LogP contribution in [0.3, 0.4) is 0 Å². The van der Waals surface area contributed by atoms with E-state index in [1.165, 1.54) is 6.26 Å². The summed E-state index contributed by atoms with van der Waals surface area (Å²) in [5.74, 6) is 1.41. The summed E-state index contributed by atoms with van der Waals surface area (Å²) in [6.07, 6.45) is 2.92. The second-order valence-corrected chi connectivity index (χ2v) is 8.19. The van der Waals surface area contributed by atoms with Gasteiger partial charge in [-0.3, -0.25) is 0 Å². The summed E-state index contributed by atoms with van der Waals surface area (Å²) >= 11 is 0. The zero-order valence-corrected chi connectivity index (χ0v) is 15.6. The van der Waals surface area contributed by atoms with E-state index >= 15 is 0 Å². The molecule has 0 amide bonds. The molecule has 0 saturated heterocycles. The van der Waals surface area contributed by atoms with E-state index in [9.17, 15) is 8.42 Å². The van der Waals surface area contributed by atoms with Crippen molar-refractivity contribution in [3.05, 3.63) is 60.8 Å². The molecule has 4 rings (SSSR count). The molecule has 0 aliphatic heterocycles. The number of fused-ring (bicyclic) bond motifs is 1. The van der Waals surface area contributed by atoms with Crippen molar-refractivity contribution in [1.29, 1.82) is 0 Å². The third-order valence-corrected chi connectivity index (χ3v) is 5.44. The maximum Gasteiger partial charge on any atom is 0.178 e. The van der Waals surface area contributed by atoms with E-state index in [-0.39, 0.29) is 0 Å². The smallest absolute Gasteiger partial charge is 0.178 e. The van der Waals surface area contributed by atoms with Crippen molar-refractivity contribution in [3.8, 4) is 28.3 Å². The molecular weight excluding hydrogens is 362 g/mol. The summed E-state index contributed by atoms with van der Waals surface area (Å²) in [4.78, 5) is 12.6. The number of H-pyrrole nitrogens is 1. The lowest BCUT2D eigenvalue weighted by atomic mass is 10.1. The highest BCUT2D eigenvalue weighted by atomic mass is 32.2. The Kier molecular flexibility index (Phi) is 4.16. The Bertz CT molecular complexity index is 1230. The van der Waals surface area contributed by atoms with Crippen LogP contribution in [0.5, 0.6) is 5.75 Å². The van der Waals surface area contributed by atoms with Crippen LogP contribution in [0, 0.1) is 0 Å². The van der Waals surface area contributed by atoms with Gasteiger partial charge in [-0.25, -0.2) is 18.4 Å². The van der Waals surface area contributed by atoms with Gasteiger partial charge >= 0.3 is 0 Å². The molecule has 0 radical (unpaired) electrons. The van der Waals surface area contributed by atoms with Crippen molar-refractivity contribution in [2.24, 2.45) is 0 Å². The van der Waals surface area contributed by atoms with Crippen LogP contribution in [0.1, 0.15) is 0 Å². The van der Waals surface area contributed by atoms with Gasteiger partial charge in [0, 0.05) is 18.0 Å². The van der Waals surface area contributed by atoms with Crippen LogP contribution < -0.4 is 4.74 Å². The van der Waals surface area contributed by atoms with E-state index in [0.717, 1.165) is 28.0 Å². The number of nitrogens with one attached hydrogen (secondary N) is 1. The predicted octanol–water partition coefficient (Wildman–Crippen LogP) is 3.70. The largest absolute Gasteiger partial charge is 0.496 e. The number of sulfone groups is 1. The molecule has 136 valence electrons. The van der Waals surface area contributed by atoms with Crippen molar-refractivity contribution in [2.45, 2.75) is 4.90 Å². The normalized spacial score (nSPS) is 11.6. The molecule has 0 aliphatic carbocycles. The molecule has 1 N–H and O–H groups in total. The summed E-state index contributed by atoms with van der Waals surface area (Å²) in [5, 5.41) is 0. The van der Waals surface area contributed by atoms with Crippen LogP contribution >= 0.6 is 0 Å². The minimum atomic E-state index is -3.21. The molecule has 0 spiro atoms. The first-order chi connectivity index (χ1) is 13.0. The first-order valence-corrected chi connectivity index (χ1v) is 10.1. The highest BCUT2D eigenvalue weighted by molar-refractivity contribution is 7.90. The number of pyridine rings is 1. The van der Waals surface area contributed by atoms with Crippen LogP contribution in [0.2, 0.25) is 0 Å². The quantitative estimate of drug-likeness (QED) is 0.584. The van der Waals surface area contributed by atoms with Gasteiger partial charge < -0.3 is 9.72 Å². The van der Waals surface area contributed by atoms with Crippen LogP contribution in [-0.2, 0) is 9.84 Å². The average Bonchev–Trinajstić information content (AvgIpc) is 3.10. The molecule has 4 aromatic rings. The number of methoxy groups -OCH3 is 1. The Hall–Kier alpha value is -3.19. The van der Waals surface area contributed by atoms with E-state index in [2.05, 4.69) is 15.0 Å². The molecule has 2 aromatic heterocycles. The Morgan fingerprint density at radius 1 is 1.00 bits per heavy atom. The molecular formula is C20H17N3O3S. The zero-order valence-electron chi connectivity index (χ0n) is 14.8. The van der Waals surface area contributed by atoms with Crippen molar-refractivity contribution in [2.75, 3.05) is 13.4 Å². The second kappa shape index (κ2) is 6.51. The molecule has 27 heavy (non-hydrogen) atoms. The highest BCUT2D eigenvalue weighted by Crippen LogP contribution is 2.30. The number of aromatic amines is 1. The molecule has 0 saturated carbocycles. The van der Waals surface area contributed by atoms with Crippen LogP contribution in [-0.4, -0.2) is 36.7 Å². The number of ether oxygens (including phenoxy) is 1. The summed E-state index contributed by atoms with van der Waals surface area (Å²) in [6.45, 7) is 0. The monoisotopic (exact) mass is 379 g/mol. The highest BCUT2D eigenvalue weighted by Gasteiger charge is 2.12. The lowest BCUT2D eigenvalue weighted by molar-refractivity contribution is 0.416. The van der Waals surface area contributed by atoms with E-state index < -0.39 is 9.84 Å². The molecule has 2 aromatic carbocycles. The van der Waals surface area contributed by atoms with Gasteiger partial charge in [0.05, 0.1) is 23.1 Å². The van der Waals surface area contributed by atoms with Gasteiger partial charge in [0.25, 0.3) is 0 Å². The van der Waals surface area contributed by atoms with Gasteiger partial charge in [-0.15, -0.1) is 0 Å². The van der Waals surface area contributed by atoms with Gasteiger partial charge in [-0.1, -0.05) is 24.3 Å². The molecule has 6 nitrogen and oxygen atoms in total. The third kappa shape index (κ3) is 3.29. The van der Waals surface area contributed by atoms with E-state index in [1.807, 2.05) is 30.3 Å². The number of para-hydroxylation sites is 1. The molecule has 2 heterocycles. The molecule has 0 unspecified atom stereocenters. The lowest BCUT2D eigenvalue weighted by Gasteiger charge is -2.04. The first kappa shape index (κ1) is 17.2. The van der Waals surface area contributed by atoms with E-state index in [0.29, 0.717) is 16.4 Å². The second-order valence-electron chi connectivity index (χ2n) is 6.18. The fourth-order valence-corrected chi connectivity index (χ4v) is 3.55. The van der Waals surface area contributed by atoms with E-state index in [1.54, 1.807) is 37.6 Å². The van der Waals surface area contributed by atoms with Gasteiger partial charge in [0.1, 0.15) is 11.6 Å². The summed E-state index contributed by atoms with van der Waals surface area (Å²) < 4.78 is 28.6. The average molecular weight is 379 g/mol. The fourth-order valence-electron chi connectivity index (χ4n) is 2.92. The number of benzene rings is 2. The number of hydrogen-bond donors (Lipinski definition) is 1. The topological polar surface area (TPSA) is 84.9 Å². The molecule has 0 aliphatic rings. The SMILES string of the molecule is COc1ccccc1-c1nc2ncc(-c3ccc(S(C)(=O)=O)cc3)cc2[nH]1. The van der Waals surface area contributed by atoms with Crippen LogP contribution in [0.15, 0.2) is 65.7 Å². The first-order valence-electron chi connectivity index (χ1n) is 8.25. The number of hydrogen-bond acceptors (Lipinski definition) is 5. The van der Waals surface area contributed by atoms with Gasteiger partial charge in [-0.2, -0.15) is 0 Å². The molecule has 0 bridgehead atoms. The third-order valence-electron chi connectivity index (χ3n) is 4.32. The van der Waals surface area contributed by atoms with Crippen molar-refractivity contribution in [1.82, 2.24) is 15.0 Å². The summed E-state index contributed by atoms with van der Waals surface area (Å²) in [7, 11) is -1.59. The molecule has 0 fully saturated rings. The number of rotatable bonds is 4. The van der Waals surface area contributed by atoms with Crippen LogP contribution in [0.25, 0.3) is 33.7 Å². The maximum absolute atomic E-state index is 11.6. The van der Waals surface area contributed by atoms with Gasteiger partial charge in [0.15, 0.2) is 15.5 Å². The van der Waals surface area contributed by atoms with Crippen molar-refractivity contribution >= 4 is 21.0 Å². The fraction of sp³-hybridized carbons (Fsp3) is 0.100. The minimum Gasteiger partial charge on any atom is -0.496 e. The number of imidazole rings is 1. The Balaban J connectivity index is 1.75. The summed E-state index contributed by atoms with van der Waals surface area (Å²) in [5.41, 5.74) is 4.01. The van der Waals surface area contributed by atoms with Crippen molar-refractivity contribution < 1.29 is 13.2 Å². The standard InChI is InChI=1S/C20H17N3O3S/c1-26-18-6-4-3-5-16(18)19-22-17-11-14(12-21-20(17)23-19)13-7-9-15(10-8-13)27(2,24)25/h3-12H,1-2H3,(H,21,22,23). The number of aromatic nitrogens is 3. The Morgan fingerprint density at radius 2 is 1.74 bits per heavy atom. The van der Waals surface area contributed by atoms with Crippen molar-refractivity contribution in [3.63, 3.8) is 0 Å². The maximum atomic E-state index is 11.6. The van der Waals surface area contributed by atoms with Gasteiger partial charge in [-0.05, 0) is 35.9 Å². The predicted molar refractivity (Wildman–Crippen MR) is 104 cm³/mol. The number of nitrogens with zero attached hydrogens (tertiary/aromatic N) is 2. The zero-order chi connectivity index (χ0) is 19.0. The minimum absolute atomic E-state index is 0.292. The lowest BCUT2D eigenvalue weighted by Crippen LogP contribution is -1.96. The summed E-state index contributed by atoms with van der Waals surface area (Å²) in [6, 6.07) is 16.3. The van der Waals surface area contributed by atoms with Gasteiger partial charge in [0.2, 0.25) is 0 Å². The molecule has 0 atom stereocenters.